The first-order valence-corrected chi connectivity index (χ1v) is 6.55. The molecule has 1 radical (unpaired) electrons. The summed E-state index contributed by atoms with van der Waals surface area (Å²) in [5.41, 5.74) is 0. The molecule has 0 amide bonds. The fourth-order valence-corrected chi connectivity index (χ4v) is 3.02. The van der Waals surface area contributed by atoms with Crippen LogP contribution in [0, 0.1) is 0 Å². The van der Waals surface area contributed by atoms with E-state index in [-0.39, 0.29) is 29.6 Å². The van der Waals surface area contributed by atoms with Crippen molar-refractivity contribution in [3.05, 3.63) is 60.7 Å². The molecule has 2 aromatic rings. The van der Waals surface area contributed by atoms with Crippen LogP contribution in [0.25, 0.3) is 0 Å². The molecule has 0 unspecified atom stereocenters. The normalized spacial score (nSPS) is 9.33. The topological polar surface area (TPSA) is 0 Å². The first-order chi connectivity index (χ1) is 6.95. The van der Waals surface area contributed by atoms with Crippen molar-refractivity contribution in [2.45, 2.75) is 9.79 Å². The fraction of sp³-hybridized carbons (Fsp3) is 0. The molecule has 0 saturated carbocycles. The van der Waals surface area contributed by atoms with Gasteiger partial charge in [0.25, 0.3) is 0 Å². The third kappa shape index (κ3) is 4.66. The Morgan fingerprint density at radius 3 is 1.20 bits per heavy atom. The predicted octanol–water partition coefficient (Wildman–Crippen LogP) is 4.11. The first-order valence-electron chi connectivity index (χ1n) is 4.40. The molecule has 0 fully saturated rings. The zero-order chi connectivity index (χ0) is 9.64. The van der Waals surface area contributed by atoms with Gasteiger partial charge in [0.05, 0.1) is 0 Å². The van der Waals surface area contributed by atoms with E-state index in [4.69, 9.17) is 0 Å². The van der Waals surface area contributed by atoms with Gasteiger partial charge >= 0.3 is 0 Å². The van der Waals surface area contributed by atoms with Crippen LogP contribution in [0.4, 0.5) is 0 Å². The summed E-state index contributed by atoms with van der Waals surface area (Å²) in [7, 11) is 3.58. The van der Waals surface area contributed by atoms with Crippen LogP contribution in [0.1, 0.15) is 0 Å². The Labute approximate surface area is 121 Å². The zero-order valence-corrected chi connectivity index (χ0v) is 12.2. The number of hydrogen-bond donors (Lipinski definition) is 0. The van der Waals surface area contributed by atoms with Gasteiger partial charge in [-0.15, -0.1) is 0 Å². The van der Waals surface area contributed by atoms with Crippen molar-refractivity contribution in [3.8, 4) is 0 Å². The maximum Gasteiger partial charge on any atom is 0.0186 e. The molecule has 0 aliphatic heterocycles. The van der Waals surface area contributed by atoms with Gasteiger partial charge < -0.3 is 0 Å². The van der Waals surface area contributed by atoms with Crippen molar-refractivity contribution in [1.82, 2.24) is 0 Å². The van der Waals surface area contributed by atoms with Crippen LogP contribution < -0.4 is 0 Å². The average Bonchev–Trinajstić information content (AvgIpc) is 2.29. The molecule has 3 heteroatoms. The summed E-state index contributed by atoms with van der Waals surface area (Å²) >= 11 is 0. The van der Waals surface area contributed by atoms with Crippen LogP contribution in [0.5, 0.6) is 0 Å². The first kappa shape index (κ1) is 13.2. The minimum Gasteiger partial charge on any atom is -0.0622 e. The Balaban J connectivity index is 0.00000112. The van der Waals surface area contributed by atoms with Gasteiger partial charge in [-0.25, -0.2) is 0 Å². The molecule has 0 saturated heterocycles. The van der Waals surface area contributed by atoms with Gasteiger partial charge in [0.1, 0.15) is 0 Å². The molecule has 0 N–H and O–H groups in total. The van der Waals surface area contributed by atoms with E-state index in [1.165, 1.54) is 9.79 Å². The largest absolute Gasteiger partial charge is 0.0622 e. The molecule has 0 heterocycles. The van der Waals surface area contributed by atoms with Gasteiger partial charge in [-0.3, -0.25) is 0 Å². The van der Waals surface area contributed by atoms with Crippen LogP contribution in [-0.2, 0) is 0 Å². The van der Waals surface area contributed by atoms with Crippen molar-refractivity contribution in [1.29, 1.82) is 0 Å². The molecule has 0 aliphatic carbocycles. The van der Waals surface area contributed by atoms with E-state index in [1.807, 2.05) is 12.1 Å². The second kappa shape index (κ2) is 7.42. The Hall–Kier alpha value is 0.140. The van der Waals surface area contributed by atoms with E-state index < -0.39 is 0 Å². The van der Waals surface area contributed by atoms with Crippen LogP contribution in [0.2, 0.25) is 0 Å². The molecule has 0 aromatic heterocycles. The second-order valence-corrected chi connectivity index (χ2v) is 5.07. The van der Waals surface area contributed by atoms with E-state index in [2.05, 4.69) is 48.5 Å². The summed E-state index contributed by atoms with van der Waals surface area (Å²) in [6.45, 7) is 0. The van der Waals surface area contributed by atoms with E-state index in [0.717, 1.165) is 0 Å². The Morgan fingerprint density at radius 2 is 0.867 bits per heavy atom. The van der Waals surface area contributed by atoms with Crippen LogP contribution in [-0.4, -0.2) is 29.6 Å². The van der Waals surface area contributed by atoms with Crippen molar-refractivity contribution >= 4 is 51.1 Å². The standard InChI is InChI=1S/C12H10S2.Na/c1-3-7-11(8-4-1)13-14-12-9-5-2-6-10-12;/h1-10H;. The van der Waals surface area contributed by atoms with Crippen LogP contribution >= 0.6 is 21.6 Å². The zero-order valence-electron chi connectivity index (χ0n) is 8.59. The summed E-state index contributed by atoms with van der Waals surface area (Å²) in [6, 6.07) is 20.8. The molecular formula is C12H10NaS2. The van der Waals surface area contributed by atoms with Gasteiger partial charge in [0, 0.05) is 39.3 Å². The summed E-state index contributed by atoms with van der Waals surface area (Å²) in [4.78, 5) is 2.59. The number of rotatable bonds is 3. The van der Waals surface area contributed by atoms with Gasteiger partial charge in [0.15, 0.2) is 0 Å². The molecular weight excluding hydrogens is 231 g/mol. The van der Waals surface area contributed by atoms with E-state index in [1.54, 1.807) is 21.6 Å². The summed E-state index contributed by atoms with van der Waals surface area (Å²) in [6.07, 6.45) is 0. The Morgan fingerprint density at radius 1 is 0.533 bits per heavy atom. The third-order valence-corrected chi connectivity index (χ3v) is 4.14. The van der Waals surface area contributed by atoms with E-state index >= 15 is 0 Å². The molecule has 2 rings (SSSR count). The molecule has 0 spiro atoms. The van der Waals surface area contributed by atoms with Gasteiger partial charge in [-0.05, 0) is 24.3 Å². The van der Waals surface area contributed by atoms with Gasteiger partial charge in [-0.2, -0.15) is 0 Å². The molecule has 0 aliphatic rings. The SMILES string of the molecule is [Na].c1ccc(SSc2ccccc2)cc1. The molecule has 0 atom stereocenters. The van der Waals surface area contributed by atoms with Crippen LogP contribution in [0.15, 0.2) is 70.5 Å². The van der Waals surface area contributed by atoms with Crippen molar-refractivity contribution < 1.29 is 0 Å². The minimum atomic E-state index is 0. The van der Waals surface area contributed by atoms with E-state index in [0.29, 0.717) is 0 Å². The molecule has 0 nitrogen and oxygen atoms in total. The fourth-order valence-electron chi connectivity index (χ4n) is 1.05. The molecule has 71 valence electrons. The monoisotopic (exact) mass is 241 g/mol. The summed E-state index contributed by atoms with van der Waals surface area (Å²) in [5, 5.41) is 0. The van der Waals surface area contributed by atoms with Crippen molar-refractivity contribution in [2.75, 3.05) is 0 Å². The number of hydrogen-bond acceptors (Lipinski definition) is 2. The average molecular weight is 241 g/mol. The second-order valence-electron chi connectivity index (χ2n) is 2.79. The number of benzene rings is 2. The summed E-state index contributed by atoms with van der Waals surface area (Å²) < 4.78 is 0. The molecule has 15 heavy (non-hydrogen) atoms. The smallest absolute Gasteiger partial charge is 0.0186 e. The summed E-state index contributed by atoms with van der Waals surface area (Å²) in [5.74, 6) is 0. The van der Waals surface area contributed by atoms with Crippen LogP contribution in [0.3, 0.4) is 0 Å². The Kier molecular flexibility index (Phi) is 6.53. The van der Waals surface area contributed by atoms with Crippen molar-refractivity contribution in [3.63, 3.8) is 0 Å². The molecule has 0 bridgehead atoms. The minimum absolute atomic E-state index is 0. The Bertz CT molecular complexity index is 336. The maximum absolute atomic E-state index is 2.13. The maximum atomic E-state index is 2.13. The predicted molar refractivity (Wildman–Crippen MR) is 70.4 cm³/mol. The van der Waals surface area contributed by atoms with Crippen molar-refractivity contribution in [2.24, 2.45) is 0 Å². The molecule has 2 aromatic carbocycles. The quantitative estimate of drug-likeness (QED) is 0.586. The van der Waals surface area contributed by atoms with E-state index in [9.17, 15) is 0 Å². The third-order valence-electron chi connectivity index (χ3n) is 1.72. The van der Waals surface area contributed by atoms with Gasteiger partial charge in [0.2, 0.25) is 0 Å². The van der Waals surface area contributed by atoms with Gasteiger partial charge in [-0.1, -0.05) is 58.0 Å².